The monoisotopic (exact) mass is 226 g/mol. The van der Waals surface area contributed by atoms with Crippen LogP contribution in [-0.4, -0.2) is 37.0 Å². The molecule has 16 heavy (non-hydrogen) atoms. The average Bonchev–Trinajstić information content (AvgIpc) is 2.26. The Balaban J connectivity index is 2.21. The van der Waals surface area contributed by atoms with Gasteiger partial charge in [-0.05, 0) is 19.8 Å². The standard InChI is InChI=1S/C13H26N2O/c1-3-15(2)13(16)11-14-12-9-7-5-4-6-8-10-12/h12,14H,3-11H2,1-2H3. The van der Waals surface area contributed by atoms with E-state index in [0.717, 1.165) is 6.54 Å². The molecule has 0 radical (unpaired) electrons. The van der Waals surface area contributed by atoms with Crippen molar-refractivity contribution in [2.24, 2.45) is 0 Å². The number of hydrogen-bond donors (Lipinski definition) is 1. The second-order valence-corrected chi connectivity index (χ2v) is 4.83. The molecule has 0 heterocycles. The quantitative estimate of drug-likeness (QED) is 0.797. The van der Waals surface area contributed by atoms with Crippen LogP contribution in [-0.2, 0) is 4.79 Å². The highest BCUT2D eigenvalue weighted by atomic mass is 16.2. The largest absolute Gasteiger partial charge is 0.345 e. The van der Waals surface area contributed by atoms with Crippen molar-refractivity contribution in [2.45, 2.75) is 57.9 Å². The predicted molar refractivity (Wildman–Crippen MR) is 67.4 cm³/mol. The van der Waals surface area contributed by atoms with Crippen LogP contribution in [0.2, 0.25) is 0 Å². The summed E-state index contributed by atoms with van der Waals surface area (Å²) in [6, 6.07) is 0.564. The molecule has 1 aliphatic rings. The summed E-state index contributed by atoms with van der Waals surface area (Å²) >= 11 is 0. The van der Waals surface area contributed by atoms with Gasteiger partial charge >= 0.3 is 0 Å². The van der Waals surface area contributed by atoms with Gasteiger partial charge in [0.2, 0.25) is 5.91 Å². The second-order valence-electron chi connectivity index (χ2n) is 4.83. The summed E-state index contributed by atoms with van der Waals surface area (Å²) in [6.45, 7) is 3.31. The Bertz CT molecular complexity index is 198. The van der Waals surface area contributed by atoms with Gasteiger partial charge in [-0.15, -0.1) is 0 Å². The Morgan fingerprint density at radius 2 is 1.75 bits per heavy atom. The van der Waals surface area contributed by atoms with Gasteiger partial charge < -0.3 is 10.2 Å². The van der Waals surface area contributed by atoms with Crippen molar-refractivity contribution in [1.82, 2.24) is 10.2 Å². The van der Waals surface area contributed by atoms with Crippen molar-refractivity contribution in [3.63, 3.8) is 0 Å². The number of nitrogens with zero attached hydrogens (tertiary/aromatic N) is 1. The minimum atomic E-state index is 0.213. The second kappa shape index (κ2) is 7.66. The molecule has 1 amide bonds. The lowest BCUT2D eigenvalue weighted by Crippen LogP contribution is -2.40. The van der Waals surface area contributed by atoms with Gasteiger partial charge in [0.15, 0.2) is 0 Å². The smallest absolute Gasteiger partial charge is 0.236 e. The molecule has 1 rings (SSSR count). The molecule has 1 aliphatic carbocycles. The molecule has 1 saturated carbocycles. The van der Waals surface area contributed by atoms with E-state index in [0.29, 0.717) is 12.6 Å². The van der Waals surface area contributed by atoms with Gasteiger partial charge in [-0.3, -0.25) is 4.79 Å². The molecule has 0 unspecified atom stereocenters. The third-order valence-corrected chi connectivity index (χ3v) is 3.55. The first kappa shape index (κ1) is 13.5. The zero-order valence-corrected chi connectivity index (χ0v) is 10.8. The lowest BCUT2D eigenvalue weighted by atomic mass is 9.97. The molecule has 0 bridgehead atoms. The van der Waals surface area contributed by atoms with E-state index in [-0.39, 0.29) is 5.91 Å². The van der Waals surface area contributed by atoms with Crippen LogP contribution < -0.4 is 5.32 Å². The van der Waals surface area contributed by atoms with Crippen LogP contribution in [0.3, 0.4) is 0 Å². The minimum absolute atomic E-state index is 0.213. The first-order valence-corrected chi connectivity index (χ1v) is 6.71. The normalized spacial score (nSPS) is 18.9. The van der Waals surface area contributed by atoms with Crippen molar-refractivity contribution in [2.75, 3.05) is 20.1 Å². The van der Waals surface area contributed by atoms with Crippen LogP contribution in [0, 0.1) is 0 Å². The van der Waals surface area contributed by atoms with E-state index in [4.69, 9.17) is 0 Å². The fourth-order valence-corrected chi connectivity index (χ4v) is 2.20. The first-order valence-electron chi connectivity index (χ1n) is 6.71. The molecule has 0 spiro atoms. The van der Waals surface area contributed by atoms with Crippen molar-refractivity contribution < 1.29 is 4.79 Å². The molecular formula is C13H26N2O. The predicted octanol–water partition coefficient (Wildman–Crippen LogP) is 2.17. The number of nitrogens with one attached hydrogen (secondary N) is 1. The summed E-state index contributed by atoms with van der Waals surface area (Å²) in [6.07, 6.45) is 9.23. The average molecular weight is 226 g/mol. The SMILES string of the molecule is CCN(C)C(=O)CNC1CCCCCCC1. The number of carbonyl (C=O) groups excluding carboxylic acids is 1. The Morgan fingerprint density at radius 3 is 2.31 bits per heavy atom. The van der Waals surface area contributed by atoms with E-state index < -0.39 is 0 Å². The fraction of sp³-hybridized carbons (Fsp3) is 0.923. The summed E-state index contributed by atoms with van der Waals surface area (Å²) in [5.74, 6) is 0.213. The third kappa shape index (κ3) is 4.97. The van der Waals surface area contributed by atoms with Gasteiger partial charge in [-0.1, -0.05) is 32.1 Å². The highest BCUT2D eigenvalue weighted by Gasteiger charge is 2.13. The molecule has 1 N–H and O–H groups in total. The van der Waals surface area contributed by atoms with E-state index >= 15 is 0 Å². The Morgan fingerprint density at radius 1 is 1.19 bits per heavy atom. The highest BCUT2D eigenvalue weighted by molar-refractivity contribution is 5.77. The van der Waals surface area contributed by atoms with Crippen molar-refractivity contribution in [1.29, 1.82) is 0 Å². The molecule has 0 saturated heterocycles. The van der Waals surface area contributed by atoms with Gasteiger partial charge in [0.05, 0.1) is 6.54 Å². The first-order chi connectivity index (χ1) is 7.74. The maximum Gasteiger partial charge on any atom is 0.236 e. The Hall–Kier alpha value is -0.570. The summed E-state index contributed by atoms with van der Waals surface area (Å²) in [5.41, 5.74) is 0. The highest BCUT2D eigenvalue weighted by Crippen LogP contribution is 2.16. The molecule has 0 atom stereocenters. The van der Waals surface area contributed by atoms with Crippen LogP contribution in [0.15, 0.2) is 0 Å². The maximum atomic E-state index is 11.6. The summed E-state index contributed by atoms with van der Waals surface area (Å²) in [4.78, 5) is 13.4. The van der Waals surface area contributed by atoms with Crippen LogP contribution in [0.5, 0.6) is 0 Å². The molecular weight excluding hydrogens is 200 g/mol. The number of hydrogen-bond acceptors (Lipinski definition) is 2. The lowest BCUT2D eigenvalue weighted by molar-refractivity contribution is -0.128. The van der Waals surface area contributed by atoms with Crippen LogP contribution in [0.25, 0.3) is 0 Å². The molecule has 0 aromatic heterocycles. The van der Waals surface area contributed by atoms with Gasteiger partial charge in [0, 0.05) is 19.6 Å². The van der Waals surface area contributed by atoms with Crippen LogP contribution in [0.4, 0.5) is 0 Å². The van der Waals surface area contributed by atoms with Crippen LogP contribution >= 0.6 is 0 Å². The van der Waals surface area contributed by atoms with Gasteiger partial charge in [0.25, 0.3) is 0 Å². The van der Waals surface area contributed by atoms with Gasteiger partial charge in [0.1, 0.15) is 0 Å². The summed E-state index contributed by atoms with van der Waals surface area (Å²) < 4.78 is 0. The van der Waals surface area contributed by atoms with E-state index in [1.165, 1.54) is 44.9 Å². The third-order valence-electron chi connectivity index (χ3n) is 3.55. The molecule has 1 fully saturated rings. The van der Waals surface area contributed by atoms with Gasteiger partial charge in [-0.2, -0.15) is 0 Å². The Kier molecular flexibility index (Phi) is 6.46. The zero-order valence-electron chi connectivity index (χ0n) is 10.8. The van der Waals surface area contributed by atoms with E-state index in [9.17, 15) is 4.79 Å². The molecule has 0 aromatic rings. The van der Waals surface area contributed by atoms with Gasteiger partial charge in [-0.25, -0.2) is 0 Å². The molecule has 3 nitrogen and oxygen atoms in total. The fourth-order valence-electron chi connectivity index (χ4n) is 2.20. The maximum absolute atomic E-state index is 11.6. The van der Waals surface area contributed by atoms with Crippen molar-refractivity contribution in [3.8, 4) is 0 Å². The van der Waals surface area contributed by atoms with Crippen molar-refractivity contribution in [3.05, 3.63) is 0 Å². The Labute approximate surface area is 99.6 Å². The van der Waals surface area contributed by atoms with E-state index in [2.05, 4.69) is 5.32 Å². The molecule has 0 aromatic carbocycles. The number of carbonyl (C=O) groups is 1. The molecule has 94 valence electrons. The topological polar surface area (TPSA) is 32.3 Å². The van der Waals surface area contributed by atoms with Crippen molar-refractivity contribution >= 4 is 5.91 Å². The number of likely N-dealkylation sites (N-methyl/N-ethyl adjacent to an activating group) is 1. The zero-order chi connectivity index (χ0) is 11.8. The number of rotatable bonds is 4. The summed E-state index contributed by atoms with van der Waals surface area (Å²) in [7, 11) is 1.86. The molecule has 0 aliphatic heterocycles. The minimum Gasteiger partial charge on any atom is -0.345 e. The van der Waals surface area contributed by atoms with Crippen LogP contribution in [0.1, 0.15) is 51.9 Å². The van der Waals surface area contributed by atoms with E-state index in [1.54, 1.807) is 4.90 Å². The summed E-state index contributed by atoms with van der Waals surface area (Å²) in [5, 5.41) is 3.41. The molecule has 3 heteroatoms. The number of amides is 1. The van der Waals surface area contributed by atoms with E-state index in [1.807, 2.05) is 14.0 Å². The lowest BCUT2D eigenvalue weighted by Gasteiger charge is -2.22.